The second-order valence-corrected chi connectivity index (χ2v) is 11.0. The third-order valence-corrected chi connectivity index (χ3v) is 8.91. The molecule has 0 unspecified atom stereocenters. The molecule has 1 aromatic carbocycles. The minimum absolute atomic E-state index is 0.0752. The molecule has 8 nitrogen and oxygen atoms in total. The van der Waals surface area contributed by atoms with Gasteiger partial charge in [0.05, 0.1) is 35.9 Å². The summed E-state index contributed by atoms with van der Waals surface area (Å²) in [7, 11) is 3.24. The molecule has 2 aliphatic carbocycles. The summed E-state index contributed by atoms with van der Waals surface area (Å²) >= 11 is 0. The second-order valence-electron chi connectivity index (χ2n) is 11.0. The highest BCUT2D eigenvalue weighted by molar-refractivity contribution is 5.95. The van der Waals surface area contributed by atoms with Gasteiger partial charge < -0.3 is 19.1 Å². The number of hydrogen-bond acceptors (Lipinski definition) is 5. The number of amides is 1. The molecule has 1 aliphatic heterocycles. The van der Waals surface area contributed by atoms with Crippen LogP contribution in [0, 0.1) is 11.8 Å². The van der Waals surface area contributed by atoms with E-state index < -0.39 is 5.97 Å². The molecule has 196 valence electrons. The number of rotatable bonds is 5. The molecule has 36 heavy (non-hydrogen) atoms. The van der Waals surface area contributed by atoms with Crippen molar-refractivity contribution < 1.29 is 24.2 Å². The third kappa shape index (κ3) is 4.60. The van der Waals surface area contributed by atoms with Gasteiger partial charge in [0.2, 0.25) is 0 Å². The van der Waals surface area contributed by atoms with Crippen LogP contribution >= 0.6 is 0 Å². The first-order valence-corrected chi connectivity index (χ1v) is 13.6. The maximum absolute atomic E-state index is 12.6. The lowest BCUT2D eigenvalue weighted by Crippen LogP contribution is -2.42. The largest absolute Gasteiger partial charge is 0.481 e. The molecule has 0 radical (unpaired) electrons. The van der Waals surface area contributed by atoms with E-state index in [4.69, 9.17) is 14.5 Å². The average Bonchev–Trinajstić information content (AvgIpc) is 3.26. The Bertz CT molecular complexity index is 1110. The third-order valence-electron chi connectivity index (χ3n) is 8.91. The Morgan fingerprint density at radius 3 is 2.39 bits per heavy atom. The summed E-state index contributed by atoms with van der Waals surface area (Å²) < 4.78 is 13.1. The van der Waals surface area contributed by atoms with Crippen molar-refractivity contribution in [1.29, 1.82) is 0 Å². The first kappa shape index (κ1) is 25.1. The Hall–Kier alpha value is -2.61. The maximum atomic E-state index is 12.6. The van der Waals surface area contributed by atoms with Crippen molar-refractivity contribution in [3.8, 4) is 0 Å². The number of carboxylic acid groups (broad SMARTS) is 1. The number of aryl methyl sites for hydroxylation is 1. The van der Waals surface area contributed by atoms with Crippen LogP contribution in [0.4, 0.5) is 10.5 Å². The van der Waals surface area contributed by atoms with Crippen molar-refractivity contribution >= 4 is 28.8 Å². The normalized spacial score (nSPS) is 28.6. The standard InChI is InChI=1S/C28H39N3O5/c1-17-4-13-22-23(30(17)28(34)36-3)14-15-24-26(22)29-25(16-18-5-11-21(35-2)12-6-18)31(24)20-9-7-19(8-10-20)27(32)33/h14-15,17-21H,4-13,16H2,1-3H3,(H,32,33)/t17-,18-,19-,20-,21+/m0/s1. The van der Waals surface area contributed by atoms with Crippen molar-refractivity contribution in [2.75, 3.05) is 19.1 Å². The van der Waals surface area contributed by atoms with E-state index in [1.807, 2.05) is 0 Å². The van der Waals surface area contributed by atoms with Gasteiger partial charge in [-0.25, -0.2) is 9.78 Å². The quantitative estimate of drug-likeness (QED) is 0.586. The van der Waals surface area contributed by atoms with E-state index in [-0.39, 0.29) is 24.1 Å². The molecular weight excluding hydrogens is 458 g/mol. The molecule has 2 saturated carbocycles. The zero-order valence-corrected chi connectivity index (χ0v) is 21.7. The van der Waals surface area contributed by atoms with Crippen LogP contribution in [0.1, 0.15) is 82.1 Å². The number of imidazole rings is 1. The average molecular weight is 498 g/mol. The lowest BCUT2D eigenvalue weighted by molar-refractivity contribution is -0.143. The number of methoxy groups -OCH3 is 2. The number of nitrogens with zero attached hydrogens (tertiary/aromatic N) is 3. The lowest BCUT2D eigenvalue weighted by Gasteiger charge is -2.34. The van der Waals surface area contributed by atoms with Crippen molar-refractivity contribution in [2.45, 2.75) is 95.7 Å². The summed E-state index contributed by atoms with van der Waals surface area (Å²) in [5.41, 5.74) is 4.14. The molecule has 0 saturated heterocycles. The van der Waals surface area contributed by atoms with Crippen LogP contribution in [0.25, 0.3) is 11.0 Å². The molecule has 0 bridgehead atoms. The summed E-state index contributed by atoms with van der Waals surface area (Å²) in [5.74, 6) is 0.767. The van der Waals surface area contributed by atoms with Crippen molar-refractivity contribution in [1.82, 2.24) is 9.55 Å². The first-order valence-electron chi connectivity index (χ1n) is 13.6. The highest BCUT2D eigenvalue weighted by Crippen LogP contribution is 2.41. The van der Waals surface area contributed by atoms with Crippen LogP contribution in [0.3, 0.4) is 0 Å². The van der Waals surface area contributed by atoms with Gasteiger partial charge in [0.15, 0.2) is 0 Å². The molecule has 0 spiro atoms. The minimum atomic E-state index is -0.676. The van der Waals surface area contributed by atoms with E-state index in [9.17, 15) is 14.7 Å². The van der Waals surface area contributed by atoms with Crippen molar-refractivity contribution in [3.63, 3.8) is 0 Å². The number of aliphatic carboxylic acids is 1. The van der Waals surface area contributed by atoms with Gasteiger partial charge in [-0.05, 0) is 89.2 Å². The predicted octanol–water partition coefficient (Wildman–Crippen LogP) is 5.51. The Kier molecular flexibility index (Phi) is 7.24. The van der Waals surface area contributed by atoms with E-state index in [2.05, 4.69) is 23.6 Å². The van der Waals surface area contributed by atoms with E-state index in [0.717, 1.165) is 85.9 Å². The number of anilines is 1. The van der Waals surface area contributed by atoms with E-state index >= 15 is 0 Å². The van der Waals surface area contributed by atoms with Gasteiger partial charge in [0.1, 0.15) is 5.82 Å². The van der Waals surface area contributed by atoms with Crippen LogP contribution in [0.5, 0.6) is 0 Å². The lowest BCUT2D eigenvalue weighted by atomic mass is 9.84. The molecule has 8 heteroatoms. The van der Waals surface area contributed by atoms with Crippen molar-refractivity contribution in [3.05, 3.63) is 23.5 Å². The molecular formula is C28H39N3O5. The summed E-state index contributed by atoms with van der Waals surface area (Å²) in [4.78, 5) is 31.2. The molecule has 3 aliphatic rings. The second kappa shape index (κ2) is 10.4. The molecule has 1 atom stereocenters. The Labute approximate surface area is 213 Å². The number of benzene rings is 1. The number of ether oxygens (including phenoxy) is 2. The monoisotopic (exact) mass is 497 g/mol. The summed E-state index contributed by atoms with van der Waals surface area (Å²) in [6.45, 7) is 2.06. The first-order chi connectivity index (χ1) is 17.4. The Morgan fingerprint density at radius 2 is 1.75 bits per heavy atom. The number of carbonyl (C=O) groups is 2. The van der Waals surface area contributed by atoms with Gasteiger partial charge >= 0.3 is 12.1 Å². The fourth-order valence-corrected chi connectivity index (χ4v) is 6.79. The minimum Gasteiger partial charge on any atom is -0.481 e. The van der Waals surface area contributed by atoms with Crippen LogP contribution in [0.2, 0.25) is 0 Å². The highest BCUT2D eigenvalue weighted by atomic mass is 16.5. The predicted molar refractivity (Wildman–Crippen MR) is 137 cm³/mol. The summed E-state index contributed by atoms with van der Waals surface area (Å²) in [6.07, 6.45) is 10.3. The topological polar surface area (TPSA) is 93.9 Å². The number of carbonyl (C=O) groups excluding carboxylic acids is 1. The van der Waals surface area contributed by atoms with Gasteiger partial charge in [-0.15, -0.1) is 0 Å². The smallest absolute Gasteiger partial charge is 0.414 e. The Morgan fingerprint density at radius 1 is 1.03 bits per heavy atom. The Balaban J connectivity index is 1.53. The SMILES string of the molecule is COC(=O)N1c2ccc3c(nc(C[C@H]4CC[C@@H](OC)CC4)n3[C@H]3CC[C@H](C(=O)O)CC3)c2CC[C@@H]1C. The van der Waals surface area contributed by atoms with Gasteiger partial charge in [0, 0.05) is 31.2 Å². The maximum Gasteiger partial charge on any atom is 0.414 e. The van der Waals surface area contributed by atoms with Gasteiger partial charge in [-0.1, -0.05) is 0 Å². The zero-order chi connectivity index (χ0) is 25.4. The van der Waals surface area contributed by atoms with Crippen molar-refractivity contribution in [2.24, 2.45) is 11.8 Å². The summed E-state index contributed by atoms with van der Waals surface area (Å²) in [6, 6.07) is 4.50. The molecule has 1 N–H and O–H groups in total. The number of hydrogen-bond donors (Lipinski definition) is 1. The van der Waals surface area contributed by atoms with E-state index in [1.54, 1.807) is 12.0 Å². The van der Waals surface area contributed by atoms with Crippen LogP contribution in [-0.4, -0.2) is 53.1 Å². The van der Waals surface area contributed by atoms with E-state index in [1.165, 1.54) is 7.11 Å². The number of fused-ring (bicyclic) bond motifs is 3. The van der Waals surface area contributed by atoms with Gasteiger partial charge in [0.25, 0.3) is 0 Å². The van der Waals surface area contributed by atoms with Gasteiger partial charge in [-0.2, -0.15) is 0 Å². The molecule has 2 aromatic rings. The molecule has 1 amide bonds. The fraction of sp³-hybridized carbons (Fsp3) is 0.679. The molecule has 2 fully saturated rings. The fourth-order valence-electron chi connectivity index (χ4n) is 6.79. The van der Waals surface area contributed by atoms with Crippen LogP contribution < -0.4 is 4.90 Å². The number of carboxylic acids is 1. The zero-order valence-electron chi connectivity index (χ0n) is 21.7. The van der Waals surface area contributed by atoms with Crippen LogP contribution in [-0.2, 0) is 27.1 Å². The van der Waals surface area contributed by atoms with Crippen LogP contribution in [0.15, 0.2) is 12.1 Å². The number of aromatic nitrogens is 2. The highest BCUT2D eigenvalue weighted by Gasteiger charge is 2.34. The molecule has 5 rings (SSSR count). The molecule has 2 heterocycles. The van der Waals surface area contributed by atoms with E-state index in [0.29, 0.717) is 24.9 Å². The molecule has 1 aromatic heterocycles. The van der Waals surface area contributed by atoms with Gasteiger partial charge in [-0.3, -0.25) is 9.69 Å². The summed E-state index contributed by atoms with van der Waals surface area (Å²) in [5, 5.41) is 9.51.